The van der Waals surface area contributed by atoms with E-state index in [0.717, 1.165) is 25.1 Å². The van der Waals surface area contributed by atoms with Crippen LogP contribution in [-0.2, 0) is 16.0 Å². The first-order valence-corrected chi connectivity index (χ1v) is 9.38. The van der Waals surface area contributed by atoms with Crippen LogP contribution >= 0.6 is 0 Å². The first-order valence-electron chi connectivity index (χ1n) is 9.38. The van der Waals surface area contributed by atoms with Gasteiger partial charge in [-0.1, -0.05) is 55.5 Å². The molecule has 4 heteroatoms. The van der Waals surface area contributed by atoms with Gasteiger partial charge in [0.15, 0.2) is 0 Å². The molecule has 136 valence electrons. The first-order chi connectivity index (χ1) is 12.7. The minimum Gasteiger partial charge on any atom is -0.342 e. The van der Waals surface area contributed by atoms with E-state index < -0.39 is 0 Å². The van der Waals surface area contributed by atoms with Crippen LogP contribution in [0.4, 0.5) is 5.69 Å². The summed E-state index contributed by atoms with van der Waals surface area (Å²) in [7, 11) is 0. The van der Waals surface area contributed by atoms with Crippen molar-refractivity contribution < 1.29 is 9.59 Å². The molecule has 1 heterocycles. The molecule has 1 fully saturated rings. The number of benzene rings is 2. The van der Waals surface area contributed by atoms with Gasteiger partial charge in [0, 0.05) is 37.7 Å². The third-order valence-corrected chi connectivity index (χ3v) is 4.98. The van der Waals surface area contributed by atoms with E-state index in [-0.39, 0.29) is 17.9 Å². The van der Waals surface area contributed by atoms with Crippen molar-refractivity contribution in [3.63, 3.8) is 0 Å². The Bertz CT molecular complexity index is 730. The molecule has 26 heavy (non-hydrogen) atoms. The summed E-state index contributed by atoms with van der Waals surface area (Å²) >= 11 is 0. The molecular weight excluding hydrogens is 324 g/mol. The highest BCUT2D eigenvalue weighted by Gasteiger charge is 2.32. The lowest BCUT2D eigenvalue weighted by atomic mass is 10.00. The zero-order chi connectivity index (χ0) is 18.4. The minimum atomic E-state index is -0.0506. The minimum absolute atomic E-state index is 0.0506. The van der Waals surface area contributed by atoms with Crippen LogP contribution in [0.15, 0.2) is 60.7 Å². The number of hydrogen-bond donors (Lipinski definition) is 0. The topological polar surface area (TPSA) is 40.6 Å². The molecular formula is C22H26N2O2. The summed E-state index contributed by atoms with van der Waals surface area (Å²) < 4.78 is 0. The Balaban J connectivity index is 1.64. The summed E-state index contributed by atoms with van der Waals surface area (Å²) in [5, 5.41) is 0. The largest absolute Gasteiger partial charge is 0.342 e. The molecule has 1 aliphatic heterocycles. The lowest BCUT2D eigenvalue weighted by Crippen LogP contribution is -2.50. The number of nitrogens with zero attached hydrogens (tertiary/aromatic N) is 2. The van der Waals surface area contributed by atoms with E-state index in [9.17, 15) is 9.59 Å². The molecule has 2 aromatic carbocycles. The maximum atomic E-state index is 12.7. The summed E-state index contributed by atoms with van der Waals surface area (Å²) in [6, 6.07) is 19.9. The Labute approximate surface area is 155 Å². The third kappa shape index (κ3) is 4.31. The molecule has 2 aromatic rings. The number of carbonyl (C=O) groups excluding carboxylic acids is 2. The molecule has 0 saturated carbocycles. The lowest BCUT2D eigenvalue weighted by Gasteiger charge is -2.38. The van der Waals surface area contributed by atoms with Crippen LogP contribution in [0.2, 0.25) is 0 Å². The maximum absolute atomic E-state index is 12.7. The van der Waals surface area contributed by atoms with Crippen molar-refractivity contribution in [2.45, 2.75) is 38.6 Å². The van der Waals surface area contributed by atoms with Gasteiger partial charge < -0.3 is 9.80 Å². The fourth-order valence-electron chi connectivity index (χ4n) is 3.55. The number of anilines is 1. The quantitative estimate of drug-likeness (QED) is 0.798. The zero-order valence-electron chi connectivity index (χ0n) is 15.3. The number of carbonyl (C=O) groups is 2. The molecule has 0 spiro atoms. The molecule has 0 radical (unpaired) electrons. The summed E-state index contributed by atoms with van der Waals surface area (Å²) in [6.07, 6.45) is 2.53. The van der Waals surface area contributed by atoms with E-state index in [4.69, 9.17) is 0 Å². The van der Waals surface area contributed by atoms with Crippen LogP contribution in [0.1, 0.15) is 31.7 Å². The van der Waals surface area contributed by atoms with E-state index in [0.29, 0.717) is 19.4 Å². The number of likely N-dealkylation sites (tertiary alicyclic amines) is 1. The van der Waals surface area contributed by atoms with E-state index >= 15 is 0 Å². The van der Waals surface area contributed by atoms with Gasteiger partial charge in [0.2, 0.25) is 11.8 Å². The predicted octanol–water partition coefficient (Wildman–Crippen LogP) is 3.66. The Kier molecular flexibility index (Phi) is 6.05. The normalized spacial score (nSPS) is 17.2. The smallest absolute Gasteiger partial charge is 0.226 e. The number of rotatable bonds is 6. The summed E-state index contributed by atoms with van der Waals surface area (Å²) in [5.74, 6) is 0.216. The molecule has 4 nitrogen and oxygen atoms in total. The third-order valence-electron chi connectivity index (χ3n) is 4.98. The summed E-state index contributed by atoms with van der Waals surface area (Å²) in [4.78, 5) is 28.9. The second kappa shape index (κ2) is 8.65. The van der Waals surface area contributed by atoms with Crippen LogP contribution in [0.25, 0.3) is 0 Å². The number of para-hydroxylation sites is 1. The molecule has 0 aromatic heterocycles. The molecule has 1 aliphatic rings. The summed E-state index contributed by atoms with van der Waals surface area (Å²) in [5.41, 5.74) is 2.13. The molecule has 0 N–H and O–H groups in total. The Morgan fingerprint density at radius 2 is 1.73 bits per heavy atom. The van der Waals surface area contributed by atoms with Crippen LogP contribution in [0.5, 0.6) is 0 Å². The monoisotopic (exact) mass is 350 g/mol. The highest BCUT2D eigenvalue weighted by atomic mass is 16.2. The van der Waals surface area contributed by atoms with Gasteiger partial charge in [0.1, 0.15) is 0 Å². The number of hydrogen-bond acceptors (Lipinski definition) is 2. The van der Waals surface area contributed by atoms with Gasteiger partial charge in [-0.25, -0.2) is 0 Å². The molecule has 0 aliphatic carbocycles. The molecule has 1 unspecified atom stereocenters. The SMILES string of the molecule is CCC(=O)N(c1ccccc1)C1CCN(CCc2ccccc2)C(=O)C1. The summed E-state index contributed by atoms with van der Waals surface area (Å²) in [6.45, 7) is 3.31. The average Bonchev–Trinajstić information content (AvgIpc) is 2.69. The van der Waals surface area contributed by atoms with Crippen molar-refractivity contribution in [2.24, 2.45) is 0 Å². The Hall–Kier alpha value is -2.62. The average molecular weight is 350 g/mol. The van der Waals surface area contributed by atoms with Crippen molar-refractivity contribution in [3.8, 4) is 0 Å². The van der Waals surface area contributed by atoms with Gasteiger partial charge in [0.25, 0.3) is 0 Å². The van der Waals surface area contributed by atoms with Gasteiger partial charge in [-0.3, -0.25) is 9.59 Å². The van der Waals surface area contributed by atoms with Crippen LogP contribution in [0.3, 0.4) is 0 Å². The van der Waals surface area contributed by atoms with Gasteiger partial charge in [0.05, 0.1) is 0 Å². The number of amides is 2. The van der Waals surface area contributed by atoms with Gasteiger partial charge >= 0.3 is 0 Å². The maximum Gasteiger partial charge on any atom is 0.226 e. The predicted molar refractivity (Wildman–Crippen MR) is 104 cm³/mol. The fraction of sp³-hybridized carbons (Fsp3) is 0.364. The standard InChI is InChI=1S/C22H26N2O2/c1-2-21(25)24(19-11-7-4-8-12-19)20-14-16-23(22(26)17-20)15-13-18-9-5-3-6-10-18/h3-12,20H,2,13-17H2,1H3. The number of piperidine rings is 1. The molecule has 3 rings (SSSR count). The van der Waals surface area contributed by atoms with E-state index in [2.05, 4.69) is 12.1 Å². The van der Waals surface area contributed by atoms with Crippen LogP contribution < -0.4 is 4.90 Å². The van der Waals surface area contributed by atoms with Gasteiger partial charge in [-0.05, 0) is 30.5 Å². The van der Waals surface area contributed by atoms with Crippen LogP contribution in [-0.4, -0.2) is 35.8 Å². The van der Waals surface area contributed by atoms with Crippen molar-refractivity contribution in [2.75, 3.05) is 18.0 Å². The van der Waals surface area contributed by atoms with E-state index in [1.165, 1.54) is 5.56 Å². The van der Waals surface area contributed by atoms with Crippen molar-refractivity contribution >= 4 is 17.5 Å². The second-order valence-electron chi connectivity index (χ2n) is 6.72. The van der Waals surface area contributed by atoms with Crippen molar-refractivity contribution in [3.05, 3.63) is 66.2 Å². The van der Waals surface area contributed by atoms with Gasteiger partial charge in [-0.15, -0.1) is 0 Å². The van der Waals surface area contributed by atoms with Gasteiger partial charge in [-0.2, -0.15) is 0 Å². The second-order valence-corrected chi connectivity index (χ2v) is 6.72. The van der Waals surface area contributed by atoms with E-state index in [1.54, 1.807) is 0 Å². The molecule has 2 amide bonds. The van der Waals surface area contributed by atoms with Crippen molar-refractivity contribution in [1.29, 1.82) is 0 Å². The molecule has 0 bridgehead atoms. The van der Waals surface area contributed by atoms with Crippen LogP contribution in [0, 0.1) is 0 Å². The Morgan fingerprint density at radius 3 is 2.35 bits per heavy atom. The fourth-order valence-corrected chi connectivity index (χ4v) is 3.55. The highest BCUT2D eigenvalue weighted by molar-refractivity contribution is 5.94. The van der Waals surface area contributed by atoms with Crippen molar-refractivity contribution in [1.82, 2.24) is 4.90 Å². The lowest BCUT2D eigenvalue weighted by molar-refractivity contribution is -0.134. The highest BCUT2D eigenvalue weighted by Crippen LogP contribution is 2.25. The first kappa shape index (κ1) is 18.2. The zero-order valence-corrected chi connectivity index (χ0v) is 15.3. The Morgan fingerprint density at radius 1 is 1.08 bits per heavy atom. The molecule has 1 atom stereocenters. The molecule has 1 saturated heterocycles. The van der Waals surface area contributed by atoms with E-state index in [1.807, 2.05) is 65.3 Å².